The molecule has 0 saturated heterocycles. The predicted octanol–water partition coefficient (Wildman–Crippen LogP) is 5.87. The molecule has 0 saturated carbocycles. The van der Waals surface area contributed by atoms with E-state index in [1.165, 1.54) is 69.8 Å². The minimum Gasteiger partial charge on any atom is -0.313 e. The summed E-state index contributed by atoms with van der Waals surface area (Å²) in [5.41, 5.74) is 3.64. The lowest BCUT2D eigenvalue weighted by atomic mass is 9.78. The summed E-state index contributed by atoms with van der Waals surface area (Å²) >= 11 is 0. The molecule has 1 heteroatoms. The van der Waals surface area contributed by atoms with Crippen molar-refractivity contribution < 1.29 is 0 Å². The highest BCUT2D eigenvalue weighted by Gasteiger charge is 2.20. The lowest BCUT2D eigenvalue weighted by molar-refractivity contribution is 0.243. The van der Waals surface area contributed by atoms with Gasteiger partial charge in [-0.3, -0.25) is 0 Å². The molecule has 0 aliphatic carbocycles. The fraction of sp³-hybridized carbons (Fsp3) is 0.714. The summed E-state index contributed by atoms with van der Waals surface area (Å²) in [4.78, 5) is 0. The van der Waals surface area contributed by atoms with Crippen LogP contribution in [0.3, 0.4) is 0 Å². The molecule has 1 aliphatic heterocycles. The van der Waals surface area contributed by atoms with Crippen LogP contribution in [0.2, 0.25) is 0 Å². The predicted molar refractivity (Wildman–Crippen MR) is 97.2 cm³/mol. The minimum absolute atomic E-state index is 0.569. The molecule has 1 unspecified atom stereocenters. The van der Waals surface area contributed by atoms with Gasteiger partial charge in [-0.05, 0) is 55.2 Å². The van der Waals surface area contributed by atoms with Gasteiger partial charge in [-0.25, -0.2) is 0 Å². The van der Waals surface area contributed by atoms with Crippen LogP contribution >= 0.6 is 0 Å². The van der Waals surface area contributed by atoms with Crippen molar-refractivity contribution in [1.82, 2.24) is 5.32 Å². The van der Waals surface area contributed by atoms with Gasteiger partial charge in [0.25, 0.3) is 0 Å². The normalized spacial score (nSPS) is 25.7. The van der Waals surface area contributed by atoms with Gasteiger partial charge in [0.1, 0.15) is 0 Å². The Morgan fingerprint density at radius 1 is 0.909 bits per heavy atom. The van der Waals surface area contributed by atoms with Gasteiger partial charge in [-0.15, -0.1) is 0 Å². The SMILES string of the molecule is CCC1(C)CCCCCCCc2ccccc2CNCCC1. The van der Waals surface area contributed by atoms with E-state index in [9.17, 15) is 0 Å². The molecule has 1 nitrogen and oxygen atoms in total. The van der Waals surface area contributed by atoms with Crippen molar-refractivity contribution >= 4 is 0 Å². The number of hydrogen-bond donors (Lipinski definition) is 1. The van der Waals surface area contributed by atoms with Crippen molar-refractivity contribution in [2.75, 3.05) is 6.54 Å². The quantitative estimate of drug-likeness (QED) is 0.684. The van der Waals surface area contributed by atoms with Crippen LogP contribution in [-0.4, -0.2) is 6.54 Å². The van der Waals surface area contributed by atoms with Crippen LogP contribution in [0.15, 0.2) is 24.3 Å². The highest BCUT2D eigenvalue weighted by molar-refractivity contribution is 5.27. The molecule has 22 heavy (non-hydrogen) atoms. The molecule has 0 aromatic heterocycles. The molecule has 1 aromatic carbocycles. The summed E-state index contributed by atoms with van der Waals surface area (Å²) in [7, 11) is 0. The van der Waals surface area contributed by atoms with Crippen LogP contribution < -0.4 is 5.32 Å². The van der Waals surface area contributed by atoms with Crippen molar-refractivity contribution in [3.8, 4) is 0 Å². The second kappa shape index (κ2) is 9.35. The Bertz CT molecular complexity index is 426. The van der Waals surface area contributed by atoms with E-state index in [2.05, 4.69) is 43.4 Å². The van der Waals surface area contributed by atoms with Crippen LogP contribution in [0, 0.1) is 5.41 Å². The molecular weight excluding hydrogens is 266 g/mol. The van der Waals surface area contributed by atoms with Gasteiger partial charge >= 0.3 is 0 Å². The van der Waals surface area contributed by atoms with E-state index in [4.69, 9.17) is 0 Å². The van der Waals surface area contributed by atoms with Crippen LogP contribution in [0.5, 0.6) is 0 Å². The van der Waals surface area contributed by atoms with Crippen LogP contribution in [0.1, 0.15) is 82.8 Å². The van der Waals surface area contributed by atoms with Crippen molar-refractivity contribution in [2.45, 2.75) is 84.6 Å². The average Bonchev–Trinajstić information content (AvgIpc) is 2.55. The van der Waals surface area contributed by atoms with Crippen molar-refractivity contribution in [3.63, 3.8) is 0 Å². The molecule has 1 aromatic rings. The second-order valence-corrected chi connectivity index (χ2v) is 7.48. The number of nitrogens with one attached hydrogen (secondary N) is 1. The maximum atomic E-state index is 3.67. The standard InChI is InChI=1S/C21H35N/c1-3-21(2)15-10-6-4-5-7-12-19-13-8-9-14-20(19)18-22-17-11-16-21/h8-9,13-14,22H,3-7,10-12,15-18H2,1-2H3. The summed E-state index contributed by atoms with van der Waals surface area (Å²) in [6.07, 6.45) is 13.7. The number of benzene rings is 1. The molecule has 0 fully saturated rings. The van der Waals surface area contributed by atoms with Gasteiger partial charge in [0.2, 0.25) is 0 Å². The molecule has 0 bridgehead atoms. The summed E-state index contributed by atoms with van der Waals surface area (Å²) in [5.74, 6) is 0. The van der Waals surface area contributed by atoms with E-state index in [0.29, 0.717) is 5.41 Å². The molecule has 0 radical (unpaired) electrons. The lowest BCUT2D eigenvalue weighted by Crippen LogP contribution is -2.20. The molecular formula is C21H35N. The summed E-state index contributed by atoms with van der Waals surface area (Å²) in [6, 6.07) is 9.00. The zero-order valence-corrected chi connectivity index (χ0v) is 14.8. The minimum atomic E-state index is 0.569. The van der Waals surface area contributed by atoms with E-state index in [0.717, 1.165) is 13.1 Å². The smallest absolute Gasteiger partial charge is 0.0208 e. The molecule has 0 amide bonds. The Hall–Kier alpha value is -0.820. The highest BCUT2D eigenvalue weighted by Crippen LogP contribution is 2.33. The molecule has 0 spiro atoms. The Morgan fingerprint density at radius 3 is 2.41 bits per heavy atom. The van der Waals surface area contributed by atoms with Crippen LogP contribution in [0.25, 0.3) is 0 Å². The Labute approximate surface area is 137 Å². The summed E-state index contributed by atoms with van der Waals surface area (Å²) in [6.45, 7) is 7.07. The first-order chi connectivity index (χ1) is 10.7. The number of rotatable bonds is 1. The zero-order chi connectivity index (χ0) is 15.7. The van der Waals surface area contributed by atoms with Gasteiger partial charge in [-0.2, -0.15) is 0 Å². The fourth-order valence-electron chi connectivity index (χ4n) is 3.71. The first kappa shape index (κ1) is 17.5. The Balaban J connectivity index is 1.94. The molecule has 1 N–H and O–H groups in total. The van der Waals surface area contributed by atoms with E-state index in [1.54, 1.807) is 5.56 Å². The van der Waals surface area contributed by atoms with Gasteiger partial charge in [-0.1, -0.05) is 70.2 Å². The second-order valence-electron chi connectivity index (χ2n) is 7.48. The van der Waals surface area contributed by atoms with Crippen molar-refractivity contribution in [1.29, 1.82) is 0 Å². The van der Waals surface area contributed by atoms with Gasteiger partial charge < -0.3 is 5.32 Å². The Kier molecular flexibility index (Phi) is 7.45. The third kappa shape index (κ3) is 5.76. The zero-order valence-electron chi connectivity index (χ0n) is 14.8. The number of fused-ring (bicyclic) bond motifs is 1. The fourth-order valence-corrected chi connectivity index (χ4v) is 3.71. The first-order valence-electron chi connectivity index (χ1n) is 9.51. The summed E-state index contributed by atoms with van der Waals surface area (Å²) in [5, 5.41) is 3.67. The van der Waals surface area contributed by atoms with Gasteiger partial charge in [0, 0.05) is 6.54 Å². The molecule has 2 rings (SSSR count). The molecule has 1 aliphatic rings. The van der Waals surface area contributed by atoms with Crippen LogP contribution in [-0.2, 0) is 13.0 Å². The lowest BCUT2D eigenvalue weighted by Gasteiger charge is -2.28. The van der Waals surface area contributed by atoms with Gasteiger partial charge in [0.15, 0.2) is 0 Å². The third-order valence-electron chi connectivity index (χ3n) is 5.65. The molecule has 1 heterocycles. The third-order valence-corrected chi connectivity index (χ3v) is 5.65. The monoisotopic (exact) mass is 301 g/mol. The van der Waals surface area contributed by atoms with E-state index in [-0.39, 0.29) is 0 Å². The van der Waals surface area contributed by atoms with E-state index < -0.39 is 0 Å². The molecule has 1 atom stereocenters. The van der Waals surface area contributed by atoms with E-state index >= 15 is 0 Å². The molecule has 124 valence electrons. The highest BCUT2D eigenvalue weighted by atomic mass is 14.8. The summed E-state index contributed by atoms with van der Waals surface area (Å²) < 4.78 is 0. The average molecular weight is 302 g/mol. The van der Waals surface area contributed by atoms with Crippen molar-refractivity contribution in [2.24, 2.45) is 5.41 Å². The Morgan fingerprint density at radius 2 is 1.59 bits per heavy atom. The largest absolute Gasteiger partial charge is 0.313 e. The maximum Gasteiger partial charge on any atom is 0.0208 e. The van der Waals surface area contributed by atoms with Gasteiger partial charge in [0.05, 0.1) is 0 Å². The van der Waals surface area contributed by atoms with Crippen LogP contribution in [0.4, 0.5) is 0 Å². The number of hydrogen-bond acceptors (Lipinski definition) is 1. The maximum absolute atomic E-state index is 3.67. The van der Waals surface area contributed by atoms with Crippen molar-refractivity contribution in [3.05, 3.63) is 35.4 Å². The number of aryl methyl sites for hydroxylation is 1. The first-order valence-corrected chi connectivity index (χ1v) is 9.51. The topological polar surface area (TPSA) is 12.0 Å². The van der Waals surface area contributed by atoms with E-state index in [1.807, 2.05) is 0 Å².